The highest BCUT2D eigenvalue weighted by molar-refractivity contribution is 5.73. The molecule has 0 unspecified atom stereocenters. The molecule has 1 aromatic heterocycles. The Morgan fingerprint density at radius 2 is 1.85 bits per heavy atom. The number of hydrogen-bond acceptors (Lipinski definition) is 4. The van der Waals surface area contributed by atoms with Gasteiger partial charge in [0.2, 0.25) is 0 Å². The molecule has 27 heavy (non-hydrogen) atoms. The largest absolute Gasteiger partial charge is 0.461 e. The summed E-state index contributed by atoms with van der Waals surface area (Å²) in [6.45, 7) is 4.06. The van der Waals surface area contributed by atoms with Crippen molar-refractivity contribution in [2.24, 2.45) is 7.05 Å². The number of aryl methyl sites for hydroxylation is 2. The van der Waals surface area contributed by atoms with Gasteiger partial charge in [-0.3, -0.25) is 9.48 Å². The standard InChI is InChI=1S/C22H21N3O2/c1-15-21(16(2)25(3)24-15)12-22(26)27-14-17-8-10-18(11-9-17)20-7-5-4-6-19(20)13-23/h4-11H,12,14H2,1-3H3. The summed E-state index contributed by atoms with van der Waals surface area (Å²) in [4.78, 5) is 12.2. The van der Waals surface area contributed by atoms with Gasteiger partial charge in [-0.1, -0.05) is 42.5 Å². The lowest BCUT2D eigenvalue weighted by molar-refractivity contribution is -0.144. The van der Waals surface area contributed by atoms with Gasteiger partial charge < -0.3 is 4.74 Å². The predicted molar refractivity (Wildman–Crippen MR) is 103 cm³/mol. The van der Waals surface area contributed by atoms with E-state index in [2.05, 4.69) is 11.2 Å². The Bertz CT molecular complexity index is 1010. The minimum atomic E-state index is -0.270. The van der Waals surface area contributed by atoms with Crippen LogP contribution in [0.1, 0.15) is 28.1 Å². The maximum Gasteiger partial charge on any atom is 0.310 e. The Morgan fingerprint density at radius 3 is 2.48 bits per heavy atom. The van der Waals surface area contributed by atoms with Crippen molar-refractivity contribution in [3.63, 3.8) is 0 Å². The molecule has 0 bridgehead atoms. The van der Waals surface area contributed by atoms with Crippen molar-refractivity contribution >= 4 is 5.97 Å². The molecule has 0 aliphatic carbocycles. The van der Waals surface area contributed by atoms with Crippen LogP contribution in [0.5, 0.6) is 0 Å². The van der Waals surface area contributed by atoms with Gasteiger partial charge in [0.25, 0.3) is 0 Å². The first-order valence-corrected chi connectivity index (χ1v) is 8.72. The first-order chi connectivity index (χ1) is 13.0. The quantitative estimate of drug-likeness (QED) is 0.649. The molecular weight excluding hydrogens is 338 g/mol. The highest BCUT2D eigenvalue weighted by Crippen LogP contribution is 2.23. The maximum absolute atomic E-state index is 12.2. The van der Waals surface area contributed by atoms with E-state index in [0.717, 1.165) is 33.6 Å². The van der Waals surface area contributed by atoms with Gasteiger partial charge >= 0.3 is 5.97 Å². The van der Waals surface area contributed by atoms with Crippen molar-refractivity contribution in [1.82, 2.24) is 9.78 Å². The molecule has 0 aliphatic rings. The topological polar surface area (TPSA) is 67.9 Å². The second-order valence-corrected chi connectivity index (χ2v) is 6.46. The molecule has 1 heterocycles. The zero-order chi connectivity index (χ0) is 19.4. The molecular formula is C22H21N3O2. The summed E-state index contributed by atoms with van der Waals surface area (Å²) in [7, 11) is 1.86. The van der Waals surface area contributed by atoms with Crippen molar-refractivity contribution in [2.75, 3.05) is 0 Å². The van der Waals surface area contributed by atoms with Crippen LogP contribution in [0.2, 0.25) is 0 Å². The lowest BCUT2D eigenvalue weighted by Crippen LogP contribution is -2.09. The summed E-state index contributed by atoms with van der Waals surface area (Å²) in [5.41, 5.74) is 6.15. The van der Waals surface area contributed by atoms with Gasteiger partial charge in [-0.2, -0.15) is 10.4 Å². The number of esters is 1. The molecule has 0 radical (unpaired) electrons. The number of nitrogens with zero attached hydrogens (tertiary/aromatic N) is 3. The van der Waals surface area contributed by atoms with E-state index >= 15 is 0 Å². The number of hydrogen-bond donors (Lipinski definition) is 0. The fourth-order valence-corrected chi connectivity index (χ4v) is 3.05. The van der Waals surface area contributed by atoms with Crippen LogP contribution >= 0.6 is 0 Å². The minimum absolute atomic E-state index is 0.220. The number of benzene rings is 2. The van der Waals surface area contributed by atoms with Crippen LogP contribution in [-0.4, -0.2) is 15.7 Å². The van der Waals surface area contributed by atoms with Crippen LogP contribution in [-0.2, 0) is 29.6 Å². The van der Waals surface area contributed by atoms with Gasteiger partial charge in [0, 0.05) is 18.3 Å². The zero-order valence-corrected chi connectivity index (χ0v) is 15.7. The molecule has 0 saturated heterocycles. The highest BCUT2D eigenvalue weighted by Gasteiger charge is 2.14. The van der Waals surface area contributed by atoms with Crippen LogP contribution in [0.3, 0.4) is 0 Å². The summed E-state index contributed by atoms with van der Waals surface area (Å²) in [5.74, 6) is -0.270. The molecule has 136 valence electrons. The Kier molecular flexibility index (Phi) is 5.37. The smallest absolute Gasteiger partial charge is 0.310 e. The molecule has 0 saturated carbocycles. The van der Waals surface area contributed by atoms with E-state index in [1.807, 2.05) is 63.4 Å². The van der Waals surface area contributed by atoms with E-state index in [1.54, 1.807) is 10.7 Å². The number of carbonyl (C=O) groups is 1. The molecule has 0 spiro atoms. The number of carbonyl (C=O) groups excluding carboxylic acids is 1. The fraction of sp³-hybridized carbons (Fsp3) is 0.227. The monoisotopic (exact) mass is 359 g/mol. The zero-order valence-electron chi connectivity index (χ0n) is 15.7. The minimum Gasteiger partial charge on any atom is -0.461 e. The lowest BCUT2D eigenvalue weighted by atomic mass is 9.99. The molecule has 0 amide bonds. The van der Waals surface area contributed by atoms with Crippen LogP contribution in [0.15, 0.2) is 48.5 Å². The predicted octanol–water partition coefficient (Wildman–Crippen LogP) is 3.86. The molecule has 0 atom stereocenters. The van der Waals surface area contributed by atoms with Crippen molar-refractivity contribution in [1.29, 1.82) is 5.26 Å². The summed E-state index contributed by atoms with van der Waals surface area (Å²) in [6.07, 6.45) is 0.221. The molecule has 3 aromatic rings. The normalized spacial score (nSPS) is 10.4. The number of rotatable bonds is 5. The average molecular weight is 359 g/mol. The molecule has 3 rings (SSSR count). The number of ether oxygens (including phenoxy) is 1. The van der Waals surface area contributed by atoms with Crippen molar-refractivity contribution in [3.8, 4) is 17.2 Å². The lowest BCUT2D eigenvalue weighted by Gasteiger charge is -2.08. The van der Waals surface area contributed by atoms with Crippen LogP contribution in [0.25, 0.3) is 11.1 Å². The van der Waals surface area contributed by atoms with E-state index < -0.39 is 0 Å². The Balaban J connectivity index is 1.63. The molecule has 0 N–H and O–H groups in total. The van der Waals surface area contributed by atoms with Crippen LogP contribution in [0.4, 0.5) is 0 Å². The summed E-state index contributed by atoms with van der Waals surface area (Å²) >= 11 is 0. The third-order valence-electron chi connectivity index (χ3n) is 4.69. The van der Waals surface area contributed by atoms with E-state index in [9.17, 15) is 10.1 Å². The molecule has 5 nitrogen and oxygen atoms in total. The third kappa shape index (κ3) is 4.06. The van der Waals surface area contributed by atoms with Crippen LogP contribution in [0, 0.1) is 25.2 Å². The number of nitriles is 1. The fourth-order valence-electron chi connectivity index (χ4n) is 3.05. The van der Waals surface area contributed by atoms with Gasteiger partial charge in [0.15, 0.2) is 0 Å². The third-order valence-corrected chi connectivity index (χ3v) is 4.69. The summed E-state index contributed by atoms with van der Waals surface area (Å²) in [5, 5.41) is 13.5. The van der Waals surface area contributed by atoms with Crippen LogP contribution < -0.4 is 0 Å². The second kappa shape index (κ2) is 7.88. The Hall–Kier alpha value is -3.39. The average Bonchev–Trinajstić information content (AvgIpc) is 2.93. The van der Waals surface area contributed by atoms with Crippen molar-refractivity contribution < 1.29 is 9.53 Å². The summed E-state index contributed by atoms with van der Waals surface area (Å²) < 4.78 is 7.19. The van der Waals surface area contributed by atoms with E-state index in [4.69, 9.17) is 4.74 Å². The van der Waals surface area contributed by atoms with Gasteiger partial charge in [0.05, 0.1) is 23.7 Å². The highest BCUT2D eigenvalue weighted by atomic mass is 16.5. The SMILES string of the molecule is Cc1nn(C)c(C)c1CC(=O)OCc1ccc(-c2ccccc2C#N)cc1. The molecule has 5 heteroatoms. The molecule has 0 fully saturated rings. The van der Waals surface area contributed by atoms with Crippen molar-refractivity contribution in [3.05, 3.63) is 76.6 Å². The van der Waals surface area contributed by atoms with E-state index in [1.165, 1.54) is 0 Å². The maximum atomic E-state index is 12.2. The Morgan fingerprint density at radius 1 is 1.15 bits per heavy atom. The van der Waals surface area contributed by atoms with Gasteiger partial charge in [-0.15, -0.1) is 0 Å². The van der Waals surface area contributed by atoms with E-state index in [0.29, 0.717) is 5.56 Å². The van der Waals surface area contributed by atoms with Gasteiger partial charge in [0.1, 0.15) is 6.61 Å². The second-order valence-electron chi connectivity index (χ2n) is 6.46. The Labute approximate surface area is 158 Å². The summed E-state index contributed by atoms with van der Waals surface area (Å²) in [6, 6.07) is 17.4. The molecule has 0 aliphatic heterocycles. The first-order valence-electron chi connectivity index (χ1n) is 8.72. The van der Waals surface area contributed by atoms with Crippen molar-refractivity contribution in [2.45, 2.75) is 26.9 Å². The van der Waals surface area contributed by atoms with E-state index in [-0.39, 0.29) is 19.0 Å². The molecule has 2 aromatic carbocycles. The van der Waals surface area contributed by atoms with Gasteiger partial charge in [-0.05, 0) is 36.6 Å². The first kappa shape index (κ1) is 18.4. The number of aromatic nitrogens is 2. The van der Waals surface area contributed by atoms with Gasteiger partial charge in [-0.25, -0.2) is 0 Å².